The van der Waals surface area contributed by atoms with E-state index in [2.05, 4.69) is 22.9 Å². The molecule has 1 aromatic heterocycles. The minimum absolute atomic E-state index is 0.156. The van der Waals surface area contributed by atoms with Gasteiger partial charge in [-0.1, -0.05) is 12.8 Å². The van der Waals surface area contributed by atoms with E-state index in [0.29, 0.717) is 18.2 Å². The van der Waals surface area contributed by atoms with Gasteiger partial charge in [0.05, 0.1) is 22.9 Å². The van der Waals surface area contributed by atoms with Crippen LogP contribution in [0.1, 0.15) is 57.2 Å². The van der Waals surface area contributed by atoms with Gasteiger partial charge in [-0.15, -0.1) is 11.8 Å². The van der Waals surface area contributed by atoms with E-state index in [1.807, 2.05) is 17.8 Å². The van der Waals surface area contributed by atoms with Crippen molar-refractivity contribution in [3.8, 4) is 0 Å². The third-order valence-electron chi connectivity index (χ3n) is 4.51. The summed E-state index contributed by atoms with van der Waals surface area (Å²) in [6, 6.07) is 2.60. The van der Waals surface area contributed by atoms with E-state index in [0.717, 1.165) is 17.9 Å². The standard InChI is InChI=1S/C15H22N2OS/c1-15(8-4-10-19-15)14(18)11-12-7-9-17(16-12)13-5-2-3-6-13/h7,9,13H,2-6,8,10-11H2,1H3. The van der Waals surface area contributed by atoms with Crippen molar-refractivity contribution in [2.75, 3.05) is 5.75 Å². The van der Waals surface area contributed by atoms with Crippen molar-refractivity contribution in [1.29, 1.82) is 0 Å². The summed E-state index contributed by atoms with van der Waals surface area (Å²) in [5.41, 5.74) is 0.950. The maximum absolute atomic E-state index is 12.4. The lowest BCUT2D eigenvalue weighted by molar-refractivity contribution is -0.120. The van der Waals surface area contributed by atoms with Gasteiger partial charge in [-0.2, -0.15) is 5.10 Å². The van der Waals surface area contributed by atoms with Crippen molar-refractivity contribution in [3.63, 3.8) is 0 Å². The molecular weight excluding hydrogens is 256 g/mol. The van der Waals surface area contributed by atoms with Gasteiger partial charge in [0.1, 0.15) is 0 Å². The molecule has 1 saturated carbocycles. The van der Waals surface area contributed by atoms with E-state index in [1.54, 1.807) is 0 Å². The normalized spacial score (nSPS) is 28.1. The highest BCUT2D eigenvalue weighted by molar-refractivity contribution is 8.01. The Bertz CT molecular complexity index is 456. The lowest BCUT2D eigenvalue weighted by atomic mass is 9.97. The van der Waals surface area contributed by atoms with Gasteiger partial charge < -0.3 is 0 Å². The molecule has 2 heterocycles. The van der Waals surface area contributed by atoms with Crippen LogP contribution in [0.3, 0.4) is 0 Å². The zero-order chi connectivity index (χ0) is 13.3. The second-order valence-electron chi connectivity index (χ2n) is 6.01. The molecule has 0 bridgehead atoms. The summed E-state index contributed by atoms with van der Waals surface area (Å²) in [7, 11) is 0. The van der Waals surface area contributed by atoms with Crippen molar-refractivity contribution in [3.05, 3.63) is 18.0 Å². The van der Waals surface area contributed by atoms with Crippen LogP contribution in [0.4, 0.5) is 0 Å². The van der Waals surface area contributed by atoms with Crippen LogP contribution in [-0.2, 0) is 11.2 Å². The second kappa shape index (κ2) is 5.31. The molecule has 0 spiro atoms. The first-order valence-electron chi connectivity index (χ1n) is 7.39. The van der Waals surface area contributed by atoms with E-state index in [1.165, 1.54) is 32.1 Å². The SMILES string of the molecule is CC1(C(=O)Cc2ccn(C3CCCC3)n2)CCCS1. The molecule has 3 nitrogen and oxygen atoms in total. The zero-order valence-corrected chi connectivity index (χ0v) is 12.4. The quantitative estimate of drug-likeness (QED) is 0.846. The van der Waals surface area contributed by atoms with Crippen molar-refractivity contribution < 1.29 is 4.79 Å². The molecule has 1 saturated heterocycles. The van der Waals surface area contributed by atoms with Crippen LogP contribution in [0.25, 0.3) is 0 Å². The van der Waals surface area contributed by atoms with E-state index >= 15 is 0 Å². The summed E-state index contributed by atoms with van der Waals surface area (Å²) < 4.78 is 1.93. The Morgan fingerprint density at radius 2 is 2.26 bits per heavy atom. The molecule has 19 heavy (non-hydrogen) atoms. The van der Waals surface area contributed by atoms with E-state index in [4.69, 9.17) is 0 Å². The van der Waals surface area contributed by atoms with Gasteiger partial charge in [-0.05, 0) is 44.4 Å². The number of Topliss-reactive ketones (excluding diaryl/α,β-unsaturated/α-hetero) is 1. The Labute approximate surface area is 119 Å². The molecular formula is C15H22N2OS. The van der Waals surface area contributed by atoms with Gasteiger partial charge in [0.15, 0.2) is 5.78 Å². The second-order valence-corrected chi connectivity index (χ2v) is 7.61. The first-order chi connectivity index (χ1) is 9.17. The molecule has 1 unspecified atom stereocenters. The van der Waals surface area contributed by atoms with Crippen molar-refractivity contribution in [2.45, 2.75) is 62.7 Å². The van der Waals surface area contributed by atoms with Crippen LogP contribution in [-0.4, -0.2) is 26.1 Å². The van der Waals surface area contributed by atoms with Crippen LogP contribution < -0.4 is 0 Å². The topological polar surface area (TPSA) is 34.9 Å². The average Bonchev–Trinajstić information content (AvgIpc) is 3.08. The fourth-order valence-corrected chi connectivity index (χ4v) is 4.46. The molecule has 3 rings (SSSR count). The minimum Gasteiger partial charge on any atom is -0.298 e. The molecule has 1 aliphatic carbocycles. The fourth-order valence-electron chi connectivity index (χ4n) is 3.19. The van der Waals surface area contributed by atoms with E-state index in [-0.39, 0.29) is 4.75 Å². The van der Waals surface area contributed by atoms with Crippen molar-refractivity contribution in [1.82, 2.24) is 9.78 Å². The predicted octanol–water partition coefficient (Wildman–Crippen LogP) is 3.40. The number of hydrogen-bond donors (Lipinski definition) is 0. The van der Waals surface area contributed by atoms with Gasteiger partial charge in [-0.3, -0.25) is 9.48 Å². The average molecular weight is 278 g/mol. The number of rotatable bonds is 4. The Hall–Kier alpha value is -0.770. The molecule has 1 aromatic rings. The van der Waals surface area contributed by atoms with Gasteiger partial charge in [0.2, 0.25) is 0 Å². The third-order valence-corrected chi connectivity index (χ3v) is 6.07. The number of carbonyl (C=O) groups excluding carboxylic acids is 1. The Morgan fingerprint density at radius 1 is 1.47 bits per heavy atom. The number of nitrogens with zero attached hydrogens (tertiary/aromatic N) is 2. The van der Waals surface area contributed by atoms with Gasteiger partial charge in [-0.25, -0.2) is 0 Å². The van der Waals surface area contributed by atoms with E-state index in [9.17, 15) is 4.79 Å². The highest BCUT2D eigenvalue weighted by atomic mass is 32.2. The molecule has 0 N–H and O–H groups in total. The monoisotopic (exact) mass is 278 g/mol. The smallest absolute Gasteiger partial charge is 0.154 e. The third kappa shape index (κ3) is 2.73. The van der Waals surface area contributed by atoms with E-state index < -0.39 is 0 Å². The lowest BCUT2D eigenvalue weighted by Crippen LogP contribution is -2.30. The zero-order valence-electron chi connectivity index (χ0n) is 11.6. The van der Waals surface area contributed by atoms with Crippen molar-refractivity contribution >= 4 is 17.5 Å². The van der Waals surface area contributed by atoms with Crippen LogP contribution in [0.5, 0.6) is 0 Å². The number of ketones is 1. The molecule has 104 valence electrons. The molecule has 0 radical (unpaired) electrons. The predicted molar refractivity (Wildman–Crippen MR) is 78.5 cm³/mol. The maximum Gasteiger partial charge on any atom is 0.154 e. The van der Waals surface area contributed by atoms with Crippen molar-refractivity contribution in [2.24, 2.45) is 0 Å². The maximum atomic E-state index is 12.4. The van der Waals surface area contributed by atoms with Gasteiger partial charge in [0, 0.05) is 6.20 Å². The first-order valence-corrected chi connectivity index (χ1v) is 8.37. The molecule has 2 fully saturated rings. The largest absolute Gasteiger partial charge is 0.298 e. The molecule has 0 amide bonds. The van der Waals surface area contributed by atoms with Crippen LogP contribution >= 0.6 is 11.8 Å². The number of aromatic nitrogens is 2. The summed E-state index contributed by atoms with van der Waals surface area (Å²) >= 11 is 1.82. The molecule has 0 aromatic carbocycles. The fraction of sp³-hybridized carbons (Fsp3) is 0.733. The Balaban J connectivity index is 1.65. The first kappa shape index (κ1) is 13.2. The minimum atomic E-state index is -0.156. The van der Waals surface area contributed by atoms with Gasteiger partial charge in [0.25, 0.3) is 0 Å². The van der Waals surface area contributed by atoms with Crippen LogP contribution in [0.15, 0.2) is 12.3 Å². The summed E-state index contributed by atoms with van der Waals surface area (Å²) in [5.74, 6) is 1.48. The van der Waals surface area contributed by atoms with Crippen LogP contribution in [0.2, 0.25) is 0 Å². The van der Waals surface area contributed by atoms with Crippen LogP contribution in [0, 0.1) is 0 Å². The lowest BCUT2D eigenvalue weighted by Gasteiger charge is -2.20. The number of carbonyl (C=O) groups is 1. The molecule has 1 atom stereocenters. The summed E-state index contributed by atoms with van der Waals surface area (Å²) in [5, 5.41) is 4.62. The Kier molecular flexibility index (Phi) is 3.70. The summed E-state index contributed by atoms with van der Waals surface area (Å²) in [6.07, 6.45) is 9.86. The highest BCUT2D eigenvalue weighted by Crippen LogP contribution is 2.39. The molecule has 1 aliphatic heterocycles. The number of thioether (sulfide) groups is 1. The summed E-state index contributed by atoms with van der Waals surface area (Å²) in [4.78, 5) is 12.4. The highest BCUT2D eigenvalue weighted by Gasteiger charge is 2.36. The molecule has 2 aliphatic rings. The molecule has 4 heteroatoms. The number of hydrogen-bond acceptors (Lipinski definition) is 3. The Morgan fingerprint density at radius 3 is 2.95 bits per heavy atom. The summed E-state index contributed by atoms with van der Waals surface area (Å²) in [6.45, 7) is 2.10. The van der Waals surface area contributed by atoms with Gasteiger partial charge >= 0.3 is 0 Å².